The van der Waals surface area contributed by atoms with Gasteiger partial charge in [0.15, 0.2) is 0 Å². The molecule has 0 bridgehead atoms. The Kier molecular flexibility index (Phi) is 5.03. The smallest absolute Gasteiger partial charge is 0.295 e. The first-order valence-corrected chi connectivity index (χ1v) is 11.3. The van der Waals surface area contributed by atoms with Crippen LogP contribution in [0.3, 0.4) is 0 Å². The summed E-state index contributed by atoms with van der Waals surface area (Å²) in [6, 6.07) is 18.2. The van der Waals surface area contributed by atoms with Gasteiger partial charge in [-0.25, -0.2) is 5.01 Å². The fraction of sp³-hybridized carbons (Fsp3) is 0.130. The second-order valence-corrected chi connectivity index (χ2v) is 9.16. The number of hydrogen-bond acceptors (Lipinski definition) is 5. The van der Waals surface area contributed by atoms with Gasteiger partial charge in [0.1, 0.15) is 6.54 Å². The van der Waals surface area contributed by atoms with Gasteiger partial charge in [0.2, 0.25) is 0 Å². The van der Waals surface area contributed by atoms with E-state index < -0.39 is 11.7 Å². The zero-order valence-electron chi connectivity index (χ0n) is 16.2. The van der Waals surface area contributed by atoms with Gasteiger partial charge in [-0.05, 0) is 41.3 Å². The van der Waals surface area contributed by atoms with Gasteiger partial charge in [0.05, 0.1) is 23.0 Å². The van der Waals surface area contributed by atoms with Gasteiger partial charge in [-0.2, -0.15) is 5.10 Å². The van der Waals surface area contributed by atoms with Crippen molar-refractivity contribution in [1.29, 1.82) is 0 Å². The van der Waals surface area contributed by atoms with Crippen LogP contribution < -0.4 is 4.90 Å². The first-order valence-electron chi connectivity index (χ1n) is 9.67. The number of rotatable bonds is 4. The molecule has 154 valence electrons. The molecule has 2 amide bonds. The number of carbonyl (C=O) groups excluding carboxylic acids is 3. The summed E-state index contributed by atoms with van der Waals surface area (Å²) < 4.78 is 0.966. The maximum Gasteiger partial charge on any atom is 0.299 e. The number of ketones is 1. The van der Waals surface area contributed by atoms with Crippen molar-refractivity contribution in [3.63, 3.8) is 0 Å². The van der Waals surface area contributed by atoms with Gasteiger partial charge in [0.25, 0.3) is 17.6 Å². The average molecular weight is 494 g/mol. The SMILES string of the molecule is O=C1C(=O)N(CC(=O)N2N=C(c3ccc(Br)cc3)CC2c2cccs2)c2ccccc21. The molecular formula is C23H16BrN3O3S. The monoisotopic (exact) mass is 493 g/mol. The summed E-state index contributed by atoms with van der Waals surface area (Å²) in [7, 11) is 0. The molecule has 5 rings (SSSR count). The van der Waals surface area contributed by atoms with Crippen molar-refractivity contribution in [2.45, 2.75) is 12.5 Å². The lowest BCUT2D eigenvalue weighted by Crippen LogP contribution is -2.40. The zero-order valence-corrected chi connectivity index (χ0v) is 18.6. The molecule has 0 saturated carbocycles. The quantitative estimate of drug-likeness (QED) is 0.505. The van der Waals surface area contributed by atoms with Crippen molar-refractivity contribution in [3.05, 3.63) is 86.5 Å². The number of amides is 2. The van der Waals surface area contributed by atoms with Crippen LogP contribution in [0.5, 0.6) is 0 Å². The van der Waals surface area contributed by atoms with Gasteiger partial charge in [-0.3, -0.25) is 19.3 Å². The highest BCUT2D eigenvalue weighted by atomic mass is 79.9. The molecule has 6 nitrogen and oxygen atoms in total. The van der Waals surface area contributed by atoms with E-state index >= 15 is 0 Å². The first-order chi connectivity index (χ1) is 15.0. The summed E-state index contributed by atoms with van der Waals surface area (Å²) in [6.07, 6.45) is 0.581. The fourth-order valence-corrected chi connectivity index (χ4v) is 4.95. The third-order valence-corrected chi connectivity index (χ3v) is 6.89. The molecule has 0 spiro atoms. The standard InChI is InChI=1S/C23H16BrN3O3S/c24-15-9-7-14(8-10-15)17-12-19(20-6-3-11-31-20)27(25-17)21(28)13-26-18-5-2-1-4-16(18)22(29)23(26)30/h1-11,19H,12-13H2. The number of halogens is 1. The molecule has 0 saturated heterocycles. The highest BCUT2D eigenvalue weighted by Crippen LogP contribution is 2.36. The van der Waals surface area contributed by atoms with Crippen molar-refractivity contribution >= 4 is 56.3 Å². The van der Waals surface area contributed by atoms with Crippen LogP contribution in [0.25, 0.3) is 0 Å². The molecule has 0 radical (unpaired) electrons. The normalized spacial score (nSPS) is 17.8. The lowest BCUT2D eigenvalue weighted by Gasteiger charge is -2.23. The molecule has 1 unspecified atom stereocenters. The minimum Gasteiger partial charge on any atom is -0.295 e. The minimum absolute atomic E-state index is 0.236. The number of anilines is 1. The van der Waals surface area contributed by atoms with Crippen molar-refractivity contribution in [2.75, 3.05) is 11.4 Å². The van der Waals surface area contributed by atoms with Crippen molar-refractivity contribution in [3.8, 4) is 0 Å². The summed E-state index contributed by atoms with van der Waals surface area (Å²) in [4.78, 5) is 40.4. The molecule has 0 aliphatic carbocycles. The summed E-state index contributed by atoms with van der Waals surface area (Å²) >= 11 is 5.00. The molecular weight excluding hydrogens is 478 g/mol. The van der Waals surface area contributed by atoms with Gasteiger partial charge in [-0.15, -0.1) is 11.3 Å². The maximum atomic E-state index is 13.3. The topological polar surface area (TPSA) is 70.1 Å². The summed E-state index contributed by atoms with van der Waals surface area (Å²) in [6.45, 7) is -0.236. The molecule has 2 aliphatic rings. The number of hydrazone groups is 1. The molecule has 0 fully saturated rings. The molecule has 31 heavy (non-hydrogen) atoms. The Labute approximate surface area is 190 Å². The largest absolute Gasteiger partial charge is 0.299 e. The Bertz CT molecular complexity index is 1220. The van der Waals surface area contributed by atoms with Gasteiger partial charge in [-0.1, -0.05) is 46.3 Å². The van der Waals surface area contributed by atoms with Crippen molar-refractivity contribution in [2.24, 2.45) is 5.10 Å². The van der Waals surface area contributed by atoms with E-state index in [-0.39, 0.29) is 18.5 Å². The molecule has 3 aromatic rings. The van der Waals surface area contributed by atoms with Crippen LogP contribution in [0.2, 0.25) is 0 Å². The Morgan fingerprint density at radius 2 is 1.84 bits per heavy atom. The van der Waals surface area contributed by atoms with E-state index in [0.29, 0.717) is 17.7 Å². The fourth-order valence-electron chi connectivity index (χ4n) is 3.87. The lowest BCUT2D eigenvalue weighted by atomic mass is 10.0. The number of para-hydroxylation sites is 1. The van der Waals surface area contributed by atoms with E-state index in [1.165, 1.54) is 9.91 Å². The number of Topliss-reactive ketones (excluding diaryl/α,β-unsaturated/α-hetero) is 1. The third kappa shape index (κ3) is 3.51. The highest BCUT2D eigenvalue weighted by Gasteiger charge is 2.40. The van der Waals surface area contributed by atoms with Crippen LogP contribution in [0.4, 0.5) is 5.69 Å². The summed E-state index contributed by atoms with van der Waals surface area (Å²) in [5, 5.41) is 8.06. The number of hydrogen-bond donors (Lipinski definition) is 0. The van der Waals surface area contributed by atoms with E-state index in [4.69, 9.17) is 0 Å². The Hall–Kier alpha value is -3.10. The molecule has 8 heteroatoms. The Balaban J connectivity index is 1.46. The zero-order chi connectivity index (χ0) is 21.5. The summed E-state index contributed by atoms with van der Waals surface area (Å²) in [5.74, 6) is -1.60. The van der Waals surface area contributed by atoms with Crippen LogP contribution in [0.15, 0.2) is 75.6 Å². The Morgan fingerprint density at radius 3 is 2.58 bits per heavy atom. The van der Waals surface area contributed by atoms with E-state index in [1.807, 2.05) is 41.8 Å². The number of carbonyl (C=O) groups is 3. The number of nitrogens with zero attached hydrogens (tertiary/aromatic N) is 3. The summed E-state index contributed by atoms with van der Waals surface area (Å²) in [5.41, 5.74) is 2.55. The molecule has 2 aliphatic heterocycles. The van der Waals surface area contributed by atoms with Crippen molar-refractivity contribution in [1.82, 2.24) is 5.01 Å². The highest BCUT2D eigenvalue weighted by molar-refractivity contribution is 9.10. The number of fused-ring (bicyclic) bond motifs is 1. The van der Waals surface area contributed by atoms with Crippen LogP contribution in [-0.2, 0) is 9.59 Å². The van der Waals surface area contributed by atoms with E-state index in [9.17, 15) is 14.4 Å². The first kappa shape index (κ1) is 19.8. The van der Waals surface area contributed by atoms with E-state index in [1.54, 1.807) is 35.6 Å². The van der Waals surface area contributed by atoms with Crippen LogP contribution in [0.1, 0.15) is 33.3 Å². The predicted octanol–water partition coefficient (Wildman–Crippen LogP) is 4.42. The van der Waals surface area contributed by atoms with E-state index in [0.717, 1.165) is 20.6 Å². The van der Waals surface area contributed by atoms with Crippen LogP contribution in [0, 0.1) is 0 Å². The van der Waals surface area contributed by atoms with Gasteiger partial charge in [0, 0.05) is 15.8 Å². The van der Waals surface area contributed by atoms with E-state index in [2.05, 4.69) is 21.0 Å². The second kappa shape index (κ2) is 7.86. The molecule has 1 aromatic heterocycles. The number of thiophene rings is 1. The van der Waals surface area contributed by atoms with Crippen LogP contribution >= 0.6 is 27.3 Å². The lowest BCUT2D eigenvalue weighted by molar-refractivity contribution is -0.132. The third-order valence-electron chi connectivity index (χ3n) is 5.39. The minimum atomic E-state index is -0.682. The number of benzene rings is 2. The van der Waals surface area contributed by atoms with Gasteiger partial charge >= 0.3 is 0 Å². The van der Waals surface area contributed by atoms with Gasteiger partial charge < -0.3 is 0 Å². The molecule has 1 atom stereocenters. The molecule has 2 aromatic carbocycles. The van der Waals surface area contributed by atoms with Crippen LogP contribution in [-0.4, -0.2) is 34.9 Å². The van der Waals surface area contributed by atoms with Crippen molar-refractivity contribution < 1.29 is 14.4 Å². The average Bonchev–Trinajstić information content (AvgIpc) is 3.51. The molecule has 3 heterocycles. The molecule has 0 N–H and O–H groups in total. The predicted molar refractivity (Wildman–Crippen MR) is 122 cm³/mol. The Morgan fingerprint density at radius 1 is 1.06 bits per heavy atom. The maximum absolute atomic E-state index is 13.3. The second-order valence-electron chi connectivity index (χ2n) is 7.26.